The first-order chi connectivity index (χ1) is 8.06. The molecule has 3 nitrogen and oxygen atoms in total. The molecule has 0 radical (unpaired) electrons. The van der Waals surface area contributed by atoms with Crippen LogP contribution in [0.25, 0.3) is 0 Å². The first kappa shape index (κ1) is 14.4. The van der Waals surface area contributed by atoms with Gasteiger partial charge in [-0.3, -0.25) is 0 Å². The van der Waals surface area contributed by atoms with E-state index in [1.807, 2.05) is 0 Å². The van der Waals surface area contributed by atoms with Gasteiger partial charge in [0.2, 0.25) is 0 Å². The highest BCUT2D eigenvalue weighted by Crippen LogP contribution is 2.35. The van der Waals surface area contributed by atoms with Crippen molar-refractivity contribution in [2.45, 2.75) is 18.2 Å². The molecule has 1 aromatic rings. The molecule has 0 aliphatic rings. The van der Waals surface area contributed by atoms with Gasteiger partial charge in [-0.15, -0.1) is 0 Å². The van der Waals surface area contributed by atoms with Gasteiger partial charge in [0, 0.05) is 0 Å². The van der Waals surface area contributed by atoms with Crippen molar-refractivity contribution >= 4 is 5.97 Å². The highest BCUT2D eigenvalue weighted by Gasteiger charge is 2.48. The summed E-state index contributed by atoms with van der Waals surface area (Å²) in [4.78, 5) is 10.2. The summed E-state index contributed by atoms with van der Waals surface area (Å²) in [5, 5.41) is 17.3. The Kier molecular flexibility index (Phi) is 3.61. The van der Waals surface area contributed by atoms with Gasteiger partial charge in [-0.05, 0) is 17.7 Å². The number of carboxylic acid groups (broad SMARTS) is 1. The Bertz CT molecular complexity index is 455. The van der Waals surface area contributed by atoms with Crippen LogP contribution < -0.4 is 0 Å². The molecule has 0 aliphatic carbocycles. The summed E-state index contributed by atoms with van der Waals surface area (Å²) in [5.74, 6) is -7.18. The summed E-state index contributed by atoms with van der Waals surface area (Å²) in [7, 11) is 0. The number of carboxylic acids is 1. The van der Waals surface area contributed by atoms with Crippen molar-refractivity contribution in [1.82, 2.24) is 0 Å². The predicted octanol–water partition coefficient (Wildman–Crippen LogP) is 2.46. The molecule has 1 aromatic carbocycles. The molecule has 0 heterocycles. The molecule has 0 aromatic heterocycles. The monoisotopic (exact) mass is 270 g/mol. The quantitative estimate of drug-likeness (QED) is 0.829. The molecule has 0 spiro atoms. The van der Waals surface area contributed by atoms with Crippen molar-refractivity contribution in [2.24, 2.45) is 0 Å². The molecular formula is C10H7F5O3. The van der Waals surface area contributed by atoms with Crippen molar-refractivity contribution < 1.29 is 37.0 Å². The van der Waals surface area contributed by atoms with Crippen molar-refractivity contribution in [2.75, 3.05) is 0 Å². The van der Waals surface area contributed by atoms with Crippen LogP contribution in [-0.4, -0.2) is 22.1 Å². The number of hydrogen-bond donors (Lipinski definition) is 2. The van der Waals surface area contributed by atoms with Gasteiger partial charge in [-0.1, -0.05) is 12.1 Å². The van der Waals surface area contributed by atoms with Gasteiger partial charge in [0.1, 0.15) is 0 Å². The van der Waals surface area contributed by atoms with Gasteiger partial charge in [0.05, 0.1) is 5.56 Å². The molecule has 8 heteroatoms. The molecule has 0 fully saturated rings. The highest BCUT2D eigenvalue weighted by atomic mass is 19.4. The minimum atomic E-state index is -4.77. The lowest BCUT2D eigenvalue weighted by molar-refractivity contribution is -0.183. The maximum absolute atomic E-state index is 12.9. The second-order valence-corrected chi connectivity index (χ2v) is 3.45. The molecule has 1 unspecified atom stereocenters. The number of benzene rings is 1. The van der Waals surface area contributed by atoms with Gasteiger partial charge in [0.15, 0.2) is 6.10 Å². The number of aliphatic hydroxyl groups is 1. The van der Waals surface area contributed by atoms with E-state index in [0.29, 0.717) is 6.07 Å². The molecule has 0 bridgehead atoms. The third-order valence-electron chi connectivity index (χ3n) is 2.16. The molecule has 2 N–H and O–H groups in total. The first-order valence-electron chi connectivity index (χ1n) is 4.53. The maximum atomic E-state index is 12.9. The minimum absolute atomic E-state index is 0.279. The summed E-state index contributed by atoms with van der Waals surface area (Å²) in [5.41, 5.74) is -2.07. The highest BCUT2D eigenvalue weighted by molar-refractivity contribution is 5.76. The lowest BCUT2D eigenvalue weighted by Gasteiger charge is -2.19. The van der Waals surface area contributed by atoms with E-state index in [4.69, 9.17) is 10.2 Å². The van der Waals surface area contributed by atoms with Gasteiger partial charge in [-0.25, -0.2) is 4.79 Å². The molecule has 0 saturated carbocycles. The zero-order chi connectivity index (χ0) is 14.1. The molecule has 0 saturated heterocycles. The third-order valence-corrected chi connectivity index (χ3v) is 2.16. The third kappa shape index (κ3) is 2.76. The lowest BCUT2D eigenvalue weighted by atomic mass is 10.0. The fourth-order valence-corrected chi connectivity index (χ4v) is 1.21. The maximum Gasteiger partial charge on any atom is 0.416 e. The molecule has 1 atom stereocenters. The summed E-state index contributed by atoms with van der Waals surface area (Å²) in [6.45, 7) is 0. The molecular weight excluding hydrogens is 263 g/mol. The summed E-state index contributed by atoms with van der Waals surface area (Å²) in [6, 6.07) is 2.49. The molecule has 0 amide bonds. The van der Waals surface area contributed by atoms with Gasteiger partial charge >= 0.3 is 18.1 Å². The minimum Gasteiger partial charge on any atom is -0.477 e. The Morgan fingerprint density at radius 2 is 1.72 bits per heavy atom. The van der Waals surface area contributed by atoms with Gasteiger partial charge in [-0.2, -0.15) is 22.0 Å². The second kappa shape index (κ2) is 4.52. The van der Waals surface area contributed by atoms with Crippen LogP contribution in [0.5, 0.6) is 0 Å². The van der Waals surface area contributed by atoms with Crippen molar-refractivity contribution in [1.29, 1.82) is 0 Å². The smallest absolute Gasteiger partial charge is 0.416 e. The van der Waals surface area contributed by atoms with Crippen LogP contribution in [0.1, 0.15) is 17.2 Å². The van der Waals surface area contributed by atoms with Crippen LogP contribution in [-0.2, 0) is 11.0 Å². The first-order valence-corrected chi connectivity index (χ1v) is 4.53. The Morgan fingerprint density at radius 3 is 2.17 bits per heavy atom. The average Bonchev–Trinajstić information content (AvgIpc) is 2.26. The number of aliphatic carboxylic acids is 1. The van der Waals surface area contributed by atoms with Crippen LogP contribution in [0.2, 0.25) is 0 Å². The van der Waals surface area contributed by atoms with Crippen LogP contribution in [0, 0.1) is 0 Å². The number of hydrogen-bond acceptors (Lipinski definition) is 2. The molecule has 0 aliphatic heterocycles. The van der Waals surface area contributed by atoms with E-state index in [9.17, 15) is 26.7 Å². The fraction of sp³-hybridized carbons (Fsp3) is 0.300. The largest absolute Gasteiger partial charge is 0.477 e. The topological polar surface area (TPSA) is 57.5 Å². The van der Waals surface area contributed by atoms with Crippen LogP contribution in [0.15, 0.2) is 24.3 Å². The average molecular weight is 270 g/mol. The number of halogens is 5. The number of rotatable bonds is 3. The standard InChI is InChI=1S/C10H7F5O3/c11-9(12,8(17)18)7(16)5-2-1-3-6(4-5)10(13,14)15/h1-4,7,16H,(H,17,18). The van der Waals surface area contributed by atoms with E-state index in [1.54, 1.807) is 0 Å². The lowest BCUT2D eigenvalue weighted by Crippen LogP contribution is -2.35. The Balaban J connectivity index is 3.16. The van der Waals surface area contributed by atoms with Crippen molar-refractivity contribution in [3.05, 3.63) is 35.4 Å². The zero-order valence-corrected chi connectivity index (χ0v) is 8.58. The van der Waals surface area contributed by atoms with Crippen molar-refractivity contribution in [3.8, 4) is 0 Å². The van der Waals surface area contributed by atoms with Crippen LogP contribution in [0.4, 0.5) is 22.0 Å². The summed E-state index contributed by atoms with van der Waals surface area (Å²) in [6.07, 6.45) is -7.62. The number of aliphatic hydroxyl groups excluding tert-OH is 1. The SMILES string of the molecule is O=C(O)C(F)(F)C(O)c1cccc(C(F)(F)F)c1. The molecule has 1 rings (SSSR count). The van der Waals surface area contributed by atoms with Gasteiger partial charge in [0.25, 0.3) is 0 Å². The fourth-order valence-electron chi connectivity index (χ4n) is 1.21. The van der Waals surface area contributed by atoms with Crippen molar-refractivity contribution in [3.63, 3.8) is 0 Å². The van der Waals surface area contributed by atoms with Gasteiger partial charge < -0.3 is 10.2 Å². The van der Waals surface area contributed by atoms with E-state index < -0.39 is 35.3 Å². The van der Waals surface area contributed by atoms with E-state index in [1.165, 1.54) is 0 Å². The summed E-state index contributed by atoms with van der Waals surface area (Å²) >= 11 is 0. The normalized spacial score (nSPS) is 14.3. The second-order valence-electron chi connectivity index (χ2n) is 3.45. The Hall–Kier alpha value is -1.70. The molecule has 100 valence electrons. The van der Waals surface area contributed by atoms with E-state index in [0.717, 1.165) is 12.1 Å². The van der Waals surface area contributed by atoms with Crippen LogP contribution >= 0.6 is 0 Å². The van der Waals surface area contributed by atoms with E-state index >= 15 is 0 Å². The predicted molar refractivity (Wildman–Crippen MR) is 49.0 cm³/mol. The van der Waals surface area contributed by atoms with E-state index in [-0.39, 0.29) is 6.07 Å². The number of carbonyl (C=O) groups is 1. The molecule has 18 heavy (non-hydrogen) atoms. The Morgan fingerprint density at radius 1 is 1.17 bits per heavy atom. The van der Waals surface area contributed by atoms with Crippen LogP contribution in [0.3, 0.4) is 0 Å². The number of alkyl halides is 5. The Labute approximate surface area is 97.5 Å². The zero-order valence-electron chi connectivity index (χ0n) is 8.58. The summed E-state index contributed by atoms with van der Waals surface area (Å²) < 4.78 is 62.7. The van der Waals surface area contributed by atoms with E-state index in [2.05, 4.69) is 0 Å².